The maximum absolute atomic E-state index is 6.26. The molecule has 0 amide bonds. The van der Waals surface area contributed by atoms with Crippen LogP contribution in [0.25, 0.3) is 55.1 Å². The Bertz CT molecular complexity index is 1860. The Morgan fingerprint density at radius 3 is 1.95 bits per heavy atom. The molecule has 1 aromatic heterocycles. The monoisotopic (exact) mass is 508 g/mol. The number of aromatic nitrogens is 2. The summed E-state index contributed by atoms with van der Waals surface area (Å²) in [4.78, 5) is 10.1. The Labute approximate surface area is 228 Å². The summed E-state index contributed by atoms with van der Waals surface area (Å²) < 4.78 is 12.5. The fraction of sp³-hybridized carbons (Fsp3) is 0.176. The van der Waals surface area contributed by atoms with Gasteiger partial charge in [0.15, 0.2) is 5.82 Å². The standard InChI is InChI=1S/C34H29BN2O2/c1-33(2)34(3,4)39-35(38-33)26-18-15-23(16-19-26)31-29-11-7-8-12-30(29)36-32(37-31)25-17-20-28-24(21-25)14-13-22-9-5-6-10-27(22)28/h5-21H,1-4H3. The van der Waals surface area contributed by atoms with Crippen LogP contribution in [0.15, 0.2) is 103 Å². The summed E-state index contributed by atoms with van der Waals surface area (Å²) in [6.45, 7) is 8.30. The Hall–Kier alpha value is -4.06. The van der Waals surface area contributed by atoms with Gasteiger partial charge in [-0.15, -0.1) is 0 Å². The molecule has 4 nitrogen and oxygen atoms in total. The Balaban J connectivity index is 1.31. The number of nitrogens with zero attached hydrogens (tertiary/aromatic N) is 2. The van der Waals surface area contributed by atoms with Gasteiger partial charge in [-0.2, -0.15) is 0 Å². The summed E-state index contributed by atoms with van der Waals surface area (Å²) >= 11 is 0. The van der Waals surface area contributed by atoms with Crippen LogP contribution in [0.3, 0.4) is 0 Å². The van der Waals surface area contributed by atoms with E-state index in [0.717, 1.165) is 33.2 Å². The third-order valence-corrected chi connectivity index (χ3v) is 8.32. The van der Waals surface area contributed by atoms with Crippen molar-refractivity contribution in [2.75, 3.05) is 0 Å². The number of hydrogen-bond donors (Lipinski definition) is 0. The van der Waals surface area contributed by atoms with Crippen molar-refractivity contribution in [2.45, 2.75) is 38.9 Å². The molecule has 0 aliphatic carbocycles. The highest BCUT2D eigenvalue weighted by Crippen LogP contribution is 2.37. The maximum atomic E-state index is 6.26. The lowest BCUT2D eigenvalue weighted by Crippen LogP contribution is -2.41. The van der Waals surface area contributed by atoms with Gasteiger partial charge in [0.05, 0.1) is 22.4 Å². The molecule has 5 aromatic carbocycles. The zero-order valence-corrected chi connectivity index (χ0v) is 22.6. The largest absolute Gasteiger partial charge is 0.494 e. The van der Waals surface area contributed by atoms with Crippen molar-refractivity contribution >= 4 is 45.0 Å². The molecule has 0 atom stereocenters. The molecule has 0 saturated carbocycles. The second kappa shape index (κ2) is 8.73. The number of hydrogen-bond acceptors (Lipinski definition) is 4. The summed E-state index contributed by atoms with van der Waals surface area (Å²) in [5.74, 6) is 0.716. The number of para-hydroxylation sites is 1. The molecule has 1 fully saturated rings. The SMILES string of the molecule is CC1(C)OB(c2ccc(-c3nc(-c4ccc5c(ccc6ccccc65)c4)nc4ccccc34)cc2)OC1(C)C. The minimum Gasteiger partial charge on any atom is -0.399 e. The third kappa shape index (κ3) is 4.01. The normalized spacial score (nSPS) is 16.4. The number of rotatable bonds is 3. The zero-order chi connectivity index (χ0) is 26.8. The lowest BCUT2D eigenvalue weighted by Gasteiger charge is -2.32. The van der Waals surface area contributed by atoms with Crippen molar-refractivity contribution in [3.63, 3.8) is 0 Å². The van der Waals surface area contributed by atoms with E-state index < -0.39 is 7.12 Å². The van der Waals surface area contributed by atoms with Gasteiger partial charge in [-0.05, 0) is 66.8 Å². The molecule has 1 aliphatic heterocycles. The highest BCUT2D eigenvalue weighted by molar-refractivity contribution is 6.62. The van der Waals surface area contributed by atoms with Crippen molar-refractivity contribution < 1.29 is 9.31 Å². The molecular formula is C34H29BN2O2. The first kappa shape index (κ1) is 24.0. The van der Waals surface area contributed by atoms with Gasteiger partial charge >= 0.3 is 7.12 Å². The minimum atomic E-state index is -0.393. The first-order valence-electron chi connectivity index (χ1n) is 13.4. The second-order valence-electron chi connectivity index (χ2n) is 11.3. The van der Waals surface area contributed by atoms with Crippen LogP contribution in [0.4, 0.5) is 0 Å². The first-order valence-corrected chi connectivity index (χ1v) is 13.4. The van der Waals surface area contributed by atoms with Gasteiger partial charge in [-0.3, -0.25) is 0 Å². The van der Waals surface area contributed by atoms with E-state index in [1.807, 2.05) is 12.1 Å². The van der Waals surface area contributed by atoms with Crippen LogP contribution >= 0.6 is 0 Å². The molecule has 190 valence electrons. The predicted octanol–water partition coefficient (Wildman–Crippen LogP) is 7.57. The van der Waals surface area contributed by atoms with Crippen molar-refractivity contribution in [1.29, 1.82) is 0 Å². The first-order chi connectivity index (χ1) is 18.8. The summed E-state index contributed by atoms with van der Waals surface area (Å²) in [7, 11) is -0.393. The topological polar surface area (TPSA) is 44.2 Å². The molecule has 39 heavy (non-hydrogen) atoms. The molecule has 0 N–H and O–H groups in total. The lowest BCUT2D eigenvalue weighted by molar-refractivity contribution is 0.00578. The molecule has 0 bridgehead atoms. The fourth-order valence-corrected chi connectivity index (χ4v) is 5.36. The molecule has 6 aromatic rings. The van der Waals surface area contributed by atoms with Gasteiger partial charge in [-0.1, -0.05) is 91.0 Å². The number of fused-ring (bicyclic) bond motifs is 4. The van der Waals surface area contributed by atoms with Crippen molar-refractivity contribution in [1.82, 2.24) is 9.97 Å². The molecule has 2 heterocycles. The van der Waals surface area contributed by atoms with E-state index >= 15 is 0 Å². The summed E-state index contributed by atoms with van der Waals surface area (Å²) in [6.07, 6.45) is 0. The second-order valence-corrected chi connectivity index (χ2v) is 11.3. The van der Waals surface area contributed by atoms with Gasteiger partial charge in [0.1, 0.15) is 0 Å². The van der Waals surface area contributed by atoms with Gasteiger partial charge in [0.25, 0.3) is 0 Å². The predicted molar refractivity (Wildman–Crippen MR) is 161 cm³/mol. The van der Waals surface area contributed by atoms with E-state index in [4.69, 9.17) is 19.3 Å². The zero-order valence-electron chi connectivity index (χ0n) is 22.6. The molecule has 0 unspecified atom stereocenters. The molecule has 1 aliphatic rings. The summed E-state index contributed by atoms with van der Waals surface area (Å²) in [5, 5.41) is 5.93. The van der Waals surface area contributed by atoms with Crippen molar-refractivity contribution in [2.24, 2.45) is 0 Å². The Morgan fingerprint density at radius 2 is 1.18 bits per heavy atom. The average Bonchev–Trinajstić information content (AvgIpc) is 3.18. The van der Waals surface area contributed by atoms with Crippen molar-refractivity contribution in [3.05, 3.63) is 103 Å². The van der Waals surface area contributed by atoms with Crippen molar-refractivity contribution in [3.8, 4) is 22.6 Å². The van der Waals surface area contributed by atoms with Crippen LogP contribution in [-0.2, 0) is 9.31 Å². The number of benzene rings is 5. The molecule has 0 radical (unpaired) electrons. The van der Waals surface area contributed by atoms with Gasteiger partial charge in [0.2, 0.25) is 0 Å². The van der Waals surface area contributed by atoms with Crippen LogP contribution < -0.4 is 5.46 Å². The minimum absolute atomic E-state index is 0.375. The fourth-order valence-electron chi connectivity index (χ4n) is 5.36. The van der Waals surface area contributed by atoms with Gasteiger partial charge in [-0.25, -0.2) is 9.97 Å². The average molecular weight is 508 g/mol. The van der Waals surface area contributed by atoms with Gasteiger partial charge in [0, 0.05) is 16.5 Å². The van der Waals surface area contributed by atoms with Crippen LogP contribution in [0, 0.1) is 0 Å². The molecule has 1 saturated heterocycles. The third-order valence-electron chi connectivity index (χ3n) is 8.32. The lowest BCUT2D eigenvalue weighted by atomic mass is 9.78. The van der Waals surface area contributed by atoms with E-state index in [0.29, 0.717) is 5.82 Å². The highest BCUT2D eigenvalue weighted by Gasteiger charge is 2.51. The van der Waals surface area contributed by atoms with E-state index in [2.05, 4.69) is 119 Å². The Kier molecular flexibility index (Phi) is 5.38. The van der Waals surface area contributed by atoms with E-state index in [9.17, 15) is 0 Å². The van der Waals surface area contributed by atoms with Gasteiger partial charge < -0.3 is 9.31 Å². The van der Waals surface area contributed by atoms with E-state index in [1.165, 1.54) is 21.5 Å². The summed E-state index contributed by atoms with van der Waals surface area (Å²) in [6, 6.07) is 35.9. The summed E-state index contributed by atoms with van der Waals surface area (Å²) in [5.41, 5.74) is 4.11. The van der Waals surface area contributed by atoms with E-state index in [1.54, 1.807) is 0 Å². The highest BCUT2D eigenvalue weighted by atomic mass is 16.7. The Morgan fingerprint density at radius 1 is 0.564 bits per heavy atom. The molecule has 7 rings (SSSR count). The smallest absolute Gasteiger partial charge is 0.399 e. The van der Waals surface area contributed by atoms with E-state index in [-0.39, 0.29) is 11.2 Å². The molecule has 5 heteroatoms. The molecule has 0 spiro atoms. The van der Waals surface area contributed by atoms with Crippen LogP contribution in [-0.4, -0.2) is 28.3 Å². The van der Waals surface area contributed by atoms with Crippen LogP contribution in [0.2, 0.25) is 0 Å². The maximum Gasteiger partial charge on any atom is 0.494 e. The van der Waals surface area contributed by atoms with Crippen LogP contribution in [0.1, 0.15) is 27.7 Å². The quantitative estimate of drug-likeness (QED) is 0.183. The molecular weight excluding hydrogens is 479 g/mol. The van der Waals surface area contributed by atoms with Crippen LogP contribution in [0.5, 0.6) is 0 Å².